The summed E-state index contributed by atoms with van der Waals surface area (Å²) in [5.74, 6) is 0.576. The maximum Gasteiger partial charge on any atom is 0.199 e. The van der Waals surface area contributed by atoms with Crippen LogP contribution in [0.2, 0.25) is 0 Å². The second-order valence-electron chi connectivity index (χ2n) is 7.20. The van der Waals surface area contributed by atoms with Crippen LogP contribution in [0.4, 0.5) is 4.39 Å². The van der Waals surface area contributed by atoms with Crippen LogP contribution in [0.1, 0.15) is 11.1 Å². The van der Waals surface area contributed by atoms with Gasteiger partial charge in [-0.2, -0.15) is 5.10 Å². The molecule has 7 heteroatoms. The maximum atomic E-state index is 13.2. The third-order valence-electron chi connectivity index (χ3n) is 4.79. The van der Waals surface area contributed by atoms with E-state index in [1.54, 1.807) is 24.5 Å². The van der Waals surface area contributed by atoms with Crippen molar-refractivity contribution < 1.29 is 4.39 Å². The first-order chi connectivity index (χ1) is 14.6. The van der Waals surface area contributed by atoms with E-state index >= 15 is 0 Å². The van der Waals surface area contributed by atoms with E-state index in [0.29, 0.717) is 24.5 Å². The molecule has 2 aromatic heterocycles. The SMILES string of the molecule is CN(Cc1ccc(F)cc1)Cn1nc(-c2ccncc2)n(Cc2ccccc2)c1=S. The fourth-order valence-electron chi connectivity index (χ4n) is 3.34. The first-order valence-electron chi connectivity index (χ1n) is 9.65. The van der Waals surface area contributed by atoms with E-state index in [-0.39, 0.29) is 5.82 Å². The van der Waals surface area contributed by atoms with Crippen LogP contribution in [0, 0.1) is 10.6 Å². The Hall–Kier alpha value is -3.16. The Morgan fingerprint density at radius 2 is 1.63 bits per heavy atom. The van der Waals surface area contributed by atoms with Crippen LogP contribution in [0.3, 0.4) is 0 Å². The molecular weight excluding hydrogens is 397 g/mol. The zero-order chi connectivity index (χ0) is 20.9. The van der Waals surface area contributed by atoms with Gasteiger partial charge in [-0.1, -0.05) is 42.5 Å². The number of nitrogens with zero attached hydrogens (tertiary/aromatic N) is 5. The molecule has 0 aliphatic carbocycles. The molecule has 0 spiro atoms. The molecule has 0 aliphatic rings. The minimum atomic E-state index is -0.231. The van der Waals surface area contributed by atoms with Crippen molar-refractivity contribution in [3.05, 3.63) is 101 Å². The molecule has 0 N–H and O–H groups in total. The number of aromatic nitrogens is 4. The normalized spacial score (nSPS) is 11.2. The molecule has 5 nitrogen and oxygen atoms in total. The molecule has 0 bridgehead atoms. The van der Waals surface area contributed by atoms with E-state index in [4.69, 9.17) is 17.3 Å². The first kappa shape index (κ1) is 20.1. The monoisotopic (exact) mass is 419 g/mol. The molecule has 0 amide bonds. The van der Waals surface area contributed by atoms with Crippen molar-refractivity contribution in [2.24, 2.45) is 0 Å². The molecular formula is C23H22FN5S. The Labute approximate surface area is 180 Å². The van der Waals surface area contributed by atoms with Crippen LogP contribution >= 0.6 is 12.2 Å². The van der Waals surface area contributed by atoms with E-state index in [9.17, 15) is 4.39 Å². The zero-order valence-electron chi connectivity index (χ0n) is 16.6. The highest BCUT2D eigenvalue weighted by molar-refractivity contribution is 7.71. The Balaban J connectivity index is 1.63. The van der Waals surface area contributed by atoms with Gasteiger partial charge in [0, 0.05) is 24.5 Å². The molecule has 0 radical (unpaired) electrons. The lowest BCUT2D eigenvalue weighted by atomic mass is 10.2. The fraction of sp³-hybridized carbons (Fsp3) is 0.174. The van der Waals surface area contributed by atoms with Gasteiger partial charge in [-0.3, -0.25) is 14.5 Å². The van der Waals surface area contributed by atoms with Crippen LogP contribution in [0.5, 0.6) is 0 Å². The maximum absolute atomic E-state index is 13.2. The number of hydrogen-bond acceptors (Lipinski definition) is 4. The molecule has 2 aromatic carbocycles. The Morgan fingerprint density at radius 3 is 2.33 bits per heavy atom. The van der Waals surface area contributed by atoms with Crippen molar-refractivity contribution >= 4 is 12.2 Å². The minimum Gasteiger partial charge on any atom is -0.295 e. The van der Waals surface area contributed by atoms with E-state index in [2.05, 4.69) is 22.0 Å². The van der Waals surface area contributed by atoms with E-state index in [1.165, 1.54) is 12.1 Å². The number of pyridine rings is 1. The van der Waals surface area contributed by atoms with Crippen molar-refractivity contribution in [2.45, 2.75) is 19.8 Å². The van der Waals surface area contributed by atoms with Crippen LogP contribution in [0.15, 0.2) is 79.1 Å². The smallest absolute Gasteiger partial charge is 0.199 e. The van der Waals surface area contributed by atoms with Gasteiger partial charge >= 0.3 is 0 Å². The summed E-state index contributed by atoms with van der Waals surface area (Å²) in [4.78, 5) is 6.21. The number of rotatable bonds is 7. The molecule has 0 fully saturated rings. The molecule has 4 aromatic rings. The summed E-state index contributed by atoms with van der Waals surface area (Å²) in [6, 6.07) is 20.6. The van der Waals surface area contributed by atoms with Crippen molar-refractivity contribution in [2.75, 3.05) is 7.05 Å². The highest BCUT2D eigenvalue weighted by atomic mass is 32.1. The van der Waals surface area contributed by atoms with Gasteiger partial charge in [0.25, 0.3) is 0 Å². The highest BCUT2D eigenvalue weighted by Gasteiger charge is 2.14. The van der Waals surface area contributed by atoms with Gasteiger partial charge in [0.05, 0.1) is 13.2 Å². The van der Waals surface area contributed by atoms with Gasteiger partial charge in [-0.05, 0) is 54.7 Å². The zero-order valence-corrected chi connectivity index (χ0v) is 17.5. The topological polar surface area (TPSA) is 38.9 Å². The summed E-state index contributed by atoms with van der Waals surface area (Å²) in [7, 11) is 1.99. The first-order valence-corrected chi connectivity index (χ1v) is 10.1. The van der Waals surface area contributed by atoms with Crippen LogP contribution in [0.25, 0.3) is 11.4 Å². The van der Waals surface area contributed by atoms with E-state index in [0.717, 1.165) is 22.5 Å². The van der Waals surface area contributed by atoms with Crippen LogP contribution < -0.4 is 0 Å². The largest absolute Gasteiger partial charge is 0.295 e. The summed E-state index contributed by atoms with van der Waals surface area (Å²) in [6.07, 6.45) is 3.51. The van der Waals surface area contributed by atoms with Gasteiger partial charge in [0.2, 0.25) is 0 Å². The van der Waals surface area contributed by atoms with Crippen molar-refractivity contribution in [1.29, 1.82) is 0 Å². The molecule has 0 unspecified atom stereocenters. The Morgan fingerprint density at radius 1 is 0.933 bits per heavy atom. The third kappa shape index (κ3) is 4.69. The summed E-state index contributed by atoms with van der Waals surface area (Å²) in [5.41, 5.74) is 3.15. The highest BCUT2D eigenvalue weighted by Crippen LogP contribution is 2.19. The molecule has 152 valence electrons. The summed E-state index contributed by atoms with van der Waals surface area (Å²) < 4.78 is 17.7. The Kier molecular flexibility index (Phi) is 6.11. The molecule has 0 aliphatic heterocycles. The van der Waals surface area contributed by atoms with Crippen molar-refractivity contribution in [1.82, 2.24) is 24.2 Å². The van der Waals surface area contributed by atoms with Crippen molar-refractivity contribution in [3.8, 4) is 11.4 Å². The third-order valence-corrected chi connectivity index (χ3v) is 5.22. The summed E-state index contributed by atoms with van der Waals surface area (Å²) >= 11 is 5.78. The quantitative estimate of drug-likeness (QED) is 0.405. The molecule has 0 saturated carbocycles. The van der Waals surface area contributed by atoms with Gasteiger partial charge in [-0.25, -0.2) is 9.07 Å². The molecule has 0 atom stereocenters. The predicted octanol–water partition coefficient (Wildman–Crippen LogP) is 4.75. The average molecular weight is 420 g/mol. The van der Waals surface area contributed by atoms with Gasteiger partial charge in [0.15, 0.2) is 10.6 Å². The number of hydrogen-bond donors (Lipinski definition) is 0. The standard InChI is InChI=1S/C23H22FN5S/c1-27(15-19-7-9-21(24)10-8-19)17-29-23(30)28(16-18-5-3-2-4-6-18)22(26-29)20-11-13-25-14-12-20/h2-14H,15-17H2,1H3. The minimum absolute atomic E-state index is 0.231. The van der Waals surface area contributed by atoms with Gasteiger partial charge in [-0.15, -0.1) is 0 Å². The lowest BCUT2D eigenvalue weighted by molar-refractivity contribution is 0.244. The lowest BCUT2D eigenvalue weighted by Gasteiger charge is -2.16. The molecule has 2 heterocycles. The molecule has 0 saturated heterocycles. The number of benzene rings is 2. The number of halogens is 1. The fourth-order valence-corrected chi connectivity index (χ4v) is 3.59. The lowest BCUT2D eigenvalue weighted by Crippen LogP contribution is -2.22. The van der Waals surface area contributed by atoms with Crippen molar-refractivity contribution in [3.63, 3.8) is 0 Å². The predicted molar refractivity (Wildman–Crippen MR) is 118 cm³/mol. The van der Waals surface area contributed by atoms with E-state index in [1.807, 2.05) is 46.6 Å². The van der Waals surface area contributed by atoms with Gasteiger partial charge < -0.3 is 0 Å². The second kappa shape index (κ2) is 9.11. The van der Waals surface area contributed by atoms with E-state index < -0.39 is 0 Å². The van der Waals surface area contributed by atoms with Gasteiger partial charge in [0.1, 0.15) is 5.82 Å². The average Bonchev–Trinajstić information content (AvgIpc) is 3.06. The molecule has 30 heavy (non-hydrogen) atoms. The summed E-state index contributed by atoms with van der Waals surface area (Å²) in [6.45, 7) is 1.83. The van der Waals surface area contributed by atoms with Crippen LogP contribution in [-0.2, 0) is 19.8 Å². The van der Waals surface area contributed by atoms with Crippen LogP contribution in [-0.4, -0.2) is 31.3 Å². The summed E-state index contributed by atoms with van der Waals surface area (Å²) in [5, 5.41) is 4.82. The Bertz CT molecular complexity index is 1150. The molecule has 4 rings (SSSR count). The second-order valence-corrected chi connectivity index (χ2v) is 7.56.